The van der Waals surface area contributed by atoms with E-state index in [0.29, 0.717) is 23.1 Å². The van der Waals surface area contributed by atoms with Gasteiger partial charge in [0, 0.05) is 17.5 Å². The van der Waals surface area contributed by atoms with Crippen LogP contribution in [-0.4, -0.2) is 21.6 Å². The van der Waals surface area contributed by atoms with Gasteiger partial charge >= 0.3 is 0 Å². The van der Waals surface area contributed by atoms with Crippen LogP contribution in [0.1, 0.15) is 18.5 Å². The summed E-state index contributed by atoms with van der Waals surface area (Å²) in [5.74, 6) is 0.934. The molecule has 1 amide bonds. The fourth-order valence-corrected chi connectivity index (χ4v) is 5.16. The van der Waals surface area contributed by atoms with Crippen LogP contribution in [0.5, 0.6) is 0 Å². The maximum absolute atomic E-state index is 13.1. The van der Waals surface area contributed by atoms with Gasteiger partial charge in [-0.15, -0.1) is 11.8 Å². The summed E-state index contributed by atoms with van der Waals surface area (Å²) in [6, 6.07) is 21.7. The molecule has 152 valence electrons. The van der Waals surface area contributed by atoms with Crippen LogP contribution in [0, 0.1) is 0 Å². The Kier molecular flexibility index (Phi) is 7.00. The number of hydrogen-bond donors (Lipinski definition) is 0. The van der Waals surface area contributed by atoms with E-state index in [-0.39, 0.29) is 5.91 Å². The van der Waals surface area contributed by atoms with Crippen molar-refractivity contribution >= 4 is 56.0 Å². The molecular formula is C23H20ClN3OS2. The first-order chi connectivity index (χ1) is 14.7. The molecule has 0 bridgehead atoms. The molecule has 4 rings (SSSR count). The molecule has 0 unspecified atom stereocenters. The summed E-state index contributed by atoms with van der Waals surface area (Å²) in [6.07, 6.45) is 2.99. The second-order valence-electron chi connectivity index (χ2n) is 6.65. The van der Waals surface area contributed by atoms with Gasteiger partial charge in [-0.3, -0.25) is 14.7 Å². The molecule has 0 aliphatic rings. The van der Waals surface area contributed by atoms with Crippen molar-refractivity contribution in [2.45, 2.75) is 24.3 Å². The average molecular weight is 454 g/mol. The molecule has 4 nitrogen and oxygen atoms in total. The minimum Gasteiger partial charge on any atom is -0.282 e. The Labute approximate surface area is 188 Å². The minimum absolute atomic E-state index is 0.0458. The van der Waals surface area contributed by atoms with Crippen LogP contribution in [0.25, 0.3) is 10.2 Å². The normalized spacial score (nSPS) is 11.0. The first-order valence-electron chi connectivity index (χ1n) is 9.64. The third-order valence-electron chi connectivity index (χ3n) is 4.48. The number of hydrogen-bond acceptors (Lipinski definition) is 5. The van der Waals surface area contributed by atoms with E-state index in [1.807, 2.05) is 54.6 Å². The molecule has 4 aromatic rings. The number of benzene rings is 2. The molecule has 0 saturated heterocycles. The maximum atomic E-state index is 13.1. The number of para-hydroxylation sites is 1. The van der Waals surface area contributed by atoms with Crippen molar-refractivity contribution in [1.82, 2.24) is 9.97 Å². The molecule has 0 aliphatic heterocycles. The standard InChI is InChI=1S/C23H20ClN3OS2/c24-19-11-6-12-20-22(19)26-23(30-20)27(16-17-8-4-5-14-25-17)21(28)13-7-15-29-18-9-2-1-3-10-18/h1-6,8-12,14H,7,13,15-16H2. The van der Waals surface area contributed by atoms with Crippen molar-refractivity contribution in [2.24, 2.45) is 0 Å². The van der Waals surface area contributed by atoms with Gasteiger partial charge in [-0.2, -0.15) is 0 Å². The van der Waals surface area contributed by atoms with Gasteiger partial charge < -0.3 is 0 Å². The Hall–Kier alpha value is -2.41. The number of nitrogens with zero attached hydrogens (tertiary/aromatic N) is 3. The lowest BCUT2D eigenvalue weighted by Gasteiger charge is -2.19. The zero-order chi connectivity index (χ0) is 20.8. The van der Waals surface area contributed by atoms with E-state index < -0.39 is 0 Å². The highest BCUT2D eigenvalue weighted by molar-refractivity contribution is 7.99. The summed E-state index contributed by atoms with van der Waals surface area (Å²) in [6.45, 7) is 0.392. The smallest absolute Gasteiger partial charge is 0.229 e. The van der Waals surface area contributed by atoms with Gasteiger partial charge in [-0.05, 0) is 48.6 Å². The number of aromatic nitrogens is 2. The van der Waals surface area contributed by atoms with Crippen molar-refractivity contribution in [2.75, 3.05) is 10.7 Å². The summed E-state index contributed by atoms with van der Waals surface area (Å²) >= 11 is 9.55. The Balaban J connectivity index is 1.49. The SMILES string of the molecule is O=C(CCCSc1ccccc1)N(Cc1ccccn1)c1nc2c(Cl)cccc2s1. The zero-order valence-electron chi connectivity index (χ0n) is 16.2. The third-order valence-corrected chi connectivity index (χ3v) is 6.93. The molecule has 0 radical (unpaired) electrons. The lowest BCUT2D eigenvalue weighted by molar-refractivity contribution is -0.118. The summed E-state index contributed by atoms with van der Waals surface area (Å²) in [5.41, 5.74) is 1.56. The Morgan fingerprint density at radius 3 is 2.63 bits per heavy atom. The highest BCUT2D eigenvalue weighted by atomic mass is 35.5. The van der Waals surface area contributed by atoms with E-state index in [0.717, 1.165) is 28.1 Å². The highest BCUT2D eigenvalue weighted by Gasteiger charge is 2.21. The fraction of sp³-hybridized carbons (Fsp3) is 0.174. The van der Waals surface area contributed by atoms with E-state index in [1.165, 1.54) is 16.2 Å². The lowest BCUT2D eigenvalue weighted by atomic mass is 10.2. The molecule has 0 atom stereocenters. The van der Waals surface area contributed by atoms with Crippen LogP contribution < -0.4 is 4.90 Å². The second-order valence-corrected chi connectivity index (χ2v) is 9.23. The van der Waals surface area contributed by atoms with Crippen LogP contribution in [0.4, 0.5) is 5.13 Å². The molecule has 30 heavy (non-hydrogen) atoms. The second kappa shape index (κ2) is 10.1. The average Bonchev–Trinajstić information content (AvgIpc) is 3.22. The number of pyridine rings is 1. The number of anilines is 1. The van der Waals surface area contributed by atoms with Crippen molar-refractivity contribution in [3.8, 4) is 0 Å². The van der Waals surface area contributed by atoms with Gasteiger partial charge in [0.25, 0.3) is 0 Å². The van der Waals surface area contributed by atoms with Gasteiger partial charge in [-0.1, -0.05) is 53.3 Å². The number of thiazole rings is 1. The maximum Gasteiger partial charge on any atom is 0.229 e. The molecule has 0 spiro atoms. The van der Waals surface area contributed by atoms with Crippen molar-refractivity contribution in [3.05, 3.63) is 83.6 Å². The van der Waals surface area contributed by atoms with Gasteiger partial charge in [0.1, 0.15) is 5.52 Å². The molecule has 2 heterocycles. The van der Waals surface area contributed by atoms with Crippen molar-refractivity contribution < 1.29 is 4.79 Å². The predicted octanol–water partition coefficient (Wildman–Crippen LogP) is 6.45. The van der Waals surface area contributed by atoms with E-state index in [2.05, 4.69) is 22.1 Å². The first kappa shape index (κ1) is 20.8. The van der Waals surface area contributed by atoms with E-state index in [4.69, 9.17) is 11.6 Å². The van der Waals surface area contributed by atoms with Crippen LogP contribution in [0.3, 0.4) is 0 Å². The molecule has 2 aromatic heterocycles. The molecule has 0 fully saturated rings. The van der Waals surface area contributed by atoms with E-state index >= 15 is 0 Å². The largest absolute Gasteiger partial charge is 0.282 e. The quantitative estimate of drug-likeness (QED) is 0.227. The summed E-state index contributed by atoms with van der Waals surface area (Å²) in [7, 11) is 0. The Bertz CT molecular complexity index is 1120. The topological polar surface area (TPSA) is 46.1 Å². The van der Waals surface area contributed by atoms with Crippen molar-refractivity contribution in [3.63, 3.8) is 0 Å². The summed E-state index contributed by atoms with van der Waals surface area (Å²) in [4.78, 5) is 25.1. The number of carbonyl (C=O) groups excluding carboxylic acids is 1. The van der Waals surface area contributed by atoms with E-state index in [1.54, 1.807) is 22.9 Å². The molecule has 0 N–H and O–H groups in total. The minimum atomic E-state index is 0.0458. The van der Waals surface area contributed by atoms with Crippen molar-refractivity contribution in [1.29, 1.82) is 0 Å². The van der Waals surface area contributed by atoms with Gasteiger partial charge in [-0.25, -0.2) is 4.98 Å². The Morgan fingerprint density at radius 2 is 1.87 bits per heavy atom. The van der Waals surface area contributed by atoms with Gasteiger partial charge in [0.2, 0.25) is 5.91 Å². The van der Waals surface area contributed by atoms with Gasteiger partial charge in [0.15, 0.2) is 5.13 Å². The Morgan fingerprint density at radius 1 is 1.03 bits per heavy atom. The highest BCUT2D eigenvalue weighted by Crippen LogP contribution is 2.33. The first-order valence-corrected chi connectivity index (χ1v) is 11.8. The number of halogens is 1. The predicted molar refractivity (Wildman–Crippen MR) is 126 cm³/mol. The summed E-state index contributed by atoms with van der Waals surface area (Å²) in [5, 5.41) is 1.25. The molecule has 0 saturated carbocycles. The molecule has 7 heteroatoms. The number of thioether (sulfide) groups is 1. The number of rotatable bonds is 8. The monoisotopic (exact) mass is 453 g/mol. The van der Waals surface area contributed by atoms with E-state index in [9.17, 15) is 4.79 Å². The van der Waals surface area contributed by atoms with Crippen LogP contribution in [0.2, 0.25) is 5.02 Å². The zero-order valence-corrected chi connectivity index (χ0v) is 18.6. The number of carbonyl (C=O) groups is 1. The van der Waals surface area contributed by atoms with Crippen LogP contribution in [0.15, 0.2) is 77.8 Å². The number of fused-ring (bicyclic) bond motifs is 1. The summed E-state index contributed by atoms with van der Waals surface area (Å²) < 4.78 is 0.968. The molecular weight excluding hydrogens is 434 g/mol. The molecule has 2 aromatic carbocycles. The lowest BCUT2D eigenvalue weighted by Crippen LogP contribution is -2.30. The number of amides is 1. The van der Waals surface area contributed by atoms with Crippen LogP contribution in [-0.2, 0) is 11.3 Å². The molecule has 0 aliphatic carbocycles. The van der Waals surface area contributed by atoms with Crippen LogP contribution >= 0.6 is 34.7 Å². The fourth-order valence-electron chi connectivity index (χ4n) is 3.00. The third kappa shape index (κ3) is 5.19. The van der Waals surface area contributed by atoms with Gasteiger partial charge in [0.05, 0.1) is 22.0 Å².